The first-order valence-electron chi connectivity index (χ1n) is 7.39. The highest BCUT2D eigenvalue weighted by molar-refractivity contribution is 9.11. The van der Waals surface area contributed by atoms with Crippen molar-refractivity contribution in [2.75, 3.05) is 0 Å². The molecule has 3 rings (SSSR count). The largest absolute Gasteiger partial charge is 0.487 e. The van der Waals surface area contributed by atoms with Crippen molar-refractivity contribution in [1.82, 2.24) is 0 Å². The molecule has 0 N–H and O–H groups in total. The van der Waals surface area contributed by atoms with Gasteiger partial charge in [0.1, 0.15) is 12.4 Å². The first-order chi connectivity index (χ1) is 12.3. The van der Waals surface area contributed by atoms with E-state index in [2.05, 4.69) is 37.0 Å². The number of hydrogen-bond acceptors (Lipinski definition) is 4. The van der Waals surface area contributed by atoms with E-state index in [-0.39, 0.29) is 6.61 Å². The SMILES string of the molecule is CC1=NOC(=O)/C1=C\c1cc(Br)cc(Br)c1OCc1ccc(Cl)cc1Cl. The zero-order valence-electron chi connectivity index (χ0n) is 13.4. The van der Waals surface area contributed by atoms with E-state index in [9.17, 15) is 4.79 Å². The van der Waals surface area contributed by atoms with Crippen LogP contribution in [-0.4, -0.2) is 11.7 Å². The lowest BCUT2D eigenvalue weighted by Gasteiger charge is -2.13. The van der Waals surface area contributed by atoms with Crippen molar-refractivity contribution in [2.45, 2.75) is 13.5 Å². The summed E-state index contributed by atoms with van der Waals surface area (Å²) < 4.78 is 7.53. The standard InChI is InChI=1S/C18H11Br2Cl2NO3/c1-9-14(18(24)26-23-9)5-11-4-12(19)6-15(20)17(11)25-8-10-2-3-13(21)7-16(10)22/h2-7H,8H2,1H3/b14-5-. The quantitative estimate of drug-likeness (QED) is 0.346. The van der Waals surface area contributed by atoms with Gasteiger partial charge in [-0.25, -0.2) is 4.79 Å². The Balaban J connectivity index is 1.95. The minimum Gasteiger partial charge on any atom is -0.487 e. The van der Waals surface area contributed by atoms with E-state index in [0.717, 1.165) is 14.5 Å². The van der Waals surface area contributed by atoms with Gasteiger partial charge in [-0.05, 0) is 53.2 Å². The molecule has 0 aromatic heterocycles. The zero-order valence-corrected chi connectivity index (χ0v) is 18.0. The van der Waals surface area contributed by atoms with Crippen LogP contribution in [-0.2, 0) is 16.2 Å². The lowest BCUT2D eigenvalue weighted by molar-refractivity contribution is -0.136. The van der Waals surface area contributed by atoms with Crippen LogP contribution < -0.4 is 4.74 Å². The molecule has 0 radical (unpaired) electrons. The summed E-state index contributed by atoms with van der Waals surface area (Å²) in [6, 6.07) is 8.92. The molecular formula is C18H11Br2Cl2NO3. The fourth-order valence-electron chi connectivity index (χ4n) is 2.30. The van der Waals surface area contributed by atoms with Crippen LogP contribution in [0.1, 0.15) is 18.1 Å². The molecule has 0 atom stereocenters. The molecule has 0 unspecified atom stereocenters. The molecule has 0 fully saturated rings. The van der Waals surface area contributed by atoms with E-state index in [1.807, 2.05) is 12.1 Å². The van der Waals surface area contributed by atoms with Crippen molar-refractivity contribution < 1.29 is 14.4 Å². The third-order valence-electron chi connectivity index (χ3n) is 3.60. The van der Waals surface area contributed by atoms with E-state index in [0.29, 0.717) is 32.6 Å². The van der Waals surface area contributed by atoms with Crippen LogP contribution in [0.15, 0.2) is 50.0 Å². The van der Waals surface area contributed by atoms with Gasteiger partial charge in [-0.2, -0.15) is 0 Å². The van der Waals surface area contributed by atoms with E-state index in [1.54, 1.807) is 31.2 Å². The molecule has 0 saturated heterocycles. The van der Waals surface area contributed by atoms with E-state index < -0.39 is 5.97 Å². The number of carbonyl (C=O) groups is 1. The summed E-state index contributed by atoms with van der Waals surface area (Å²) in [7, 11) is 0. The number of halogens is 4. The van der Waals surface area contributed by atoms with Crippen LogP contribution in [0, 0.1) is 0 Å². The van der Waals surface area contributed by atoms with Crippen LogP contribution in [0.3, 0.4) is 0 Å². The zero-order chi connectivity index (χ0) is 18.8. The van der Waals surface area contributed by atoms with Gasteiger partial charge < -0.3 is 9.57 Å². The molecule has 2 aromatic rings. The van der Waals surface area contributed by atoms with E-state index in [1.165, 1.54) is 0 Å². The van der Waals surface area contributed by atoms with Crippen molar-refractivity contribution in [1.29, 1.82) is 0 Å². The molecule has 1 heterocycles. The van der Waals surface area contributed by atoms with Crippen molar-refractivity contribution >= 4 is 72.8 Å². The second-order valence-electron chi connectivity index (χ2n) is 5.44. The first kappa shape index (κ1) is 19.4. The second-order valence-corrected chi connectivity index (χ2v) is 8.06. The third kappa shape index (κ3) is 4.31. The van der Waals surface area contributed by atoms with Crippen molar-refractivity contribution in [3.05, 3.63) is 66.0 Å². The lowest BCUT2D eigenvalue weighted by atomic mass is 10.1. The fourth-order valence-corrected chi connectivity index (χ4v) is 4.14. The van der Waals surface area contributed by atoms with Crippen LogP contribution in [0.4, 0.5) is 0 Å². The smallest absolute Gasteiger partial charge is 0.367 e. The van der Waals surface area contributed by atoms with Crippen LogP contribution >= 0.6 is 55.1 Å². The highest BCUT2D eigenvalue weighted by Gasteiger charge is 2.23. The Morgan fingerprint density at radius 1 is 1.23 bits per heavy atom. The first-order valence-corrected chi connectivity index (χ1v) is 9.73. The number of rotatable bonds is 4. The van der Waals surface area contributed by atoms with Gasteiger partial charge in [0.2, 0.25) is 0 Å². The summed E-state index contributed by atoms with van der Waals surface area (Å²) in [5.74, 6) is 0.0736. The molecule has 1 aliphatic heterocycles. The number of oxime groups is 1. The topological polar surface area (TPSA) is 47.9 Å². The van der Waals surface area contributed by atoms with Crippen molar-refractivity contribution in [3.63, 3.8) is 0 Å². The van der Waals surface area contributed by atoms with Gasteiger partial charge in [0.05, 0.1) is 15.8 Å². The average Bonchev–Trinajstić information content (AvgIpc) is 2.87. The minimum absolute atomic E-state index is 0.240. The summed E-state index contributed by atoms with van der Waals surface area (Å²) >= 11 is 19.1. The van der Waals surface area contributed by atoms with Gasteiger partial charge in [0.15, 0.2) is 0 Å². The number of ether oxygens (including phenoxy) is 1. The van der Waals surface area contributed by atoms with Crippen molar-refractivity contribution in [2.24, 2.45) is 5.16 Å². The Morgan fingerprint density at radius 3 is 2.65 bits per heavy atom. The molecule has 8 heteroatoms. The highest BCUT2D eigenvalue weighted by Crippen LogP contribution is 2.36. The summed E-state index contributed by atoms with van der Waals surface area (Å²) in [4.78, 5) is 16.5. The van der Waals surface area contributed by atoms with Gasteiger partial charge in [-0.3, -0.25) is 0 Å². The minimum atomic E-state index is -0.495. The Labute approximate surface area is 177 Å². The average molecular weight is 520 g/mol. The van der Waals surface area contributed by atoms with Gasteiger partial charge in [0.25, 0.3) is 0 Å². The van der Waals surface area contributed by atoms with Gasteiger partial charge >= 0.3 is 5.97 Å². The van der Waals surface area contributed by atoms with Gasteiger partial charge in [0, 0.05) is 25.6 Å². The molecule has 134 valence electrons. The summed E-state index contributed by atoms with van der Waals surface area (Å²) in [6.07, 6.45) is 1.68. The molecule has 0 saturated carbocycles. The maximum atomic E-state index is 11.8. The van der Waals surface area contributed by atoms with Gasteiger partial charge in [-0.15, -0.1) is 0 Å². The Kier molecular flexibility index (Phi) is 6.07. The molecule has 0 amide bonds. The van der Waals surface area contributed by atoms with Crippen LogP contribution in [0.2, 0.25) is 10.0 Å². The Bertz CT molecular complexity index is 958. The summed E-state index contributed by atoms with van der Waals surface area (Å²) in [5, 5.41) is 4.77. The number of carbonyl (C=O) groups excluding carboxylic acids is 1. The number of nitrogens with zero attached hydrogens (tertiary/aromatic N) is 1. The maximum Gasteiger partial charge on any atom is 0.367 e. The molecular weight excluding hydrogens is 509 g/mol. The summed E-state index contributed by atoms with van der Waals surface area (Å²) in [6.45, 7) is 1.95. The molecule has 26 heavy (non-hydrogen) atoms. The molecule has 1 aliphatic rings. The maximum absolute atomic E-state index is 11.8. The van der Waals surface area contributed by atoms with Crippen molar-refractivity contribution in [3.8, 4) is 5.75 Å². The Morgan fingerprint density at radius 2 is 2.00 bits per heavy atom. The van der Waals surface area contributed by atoms with Gasteiger partial charge in [-0.1, -0.05) is 50.4 Å². The monoisotopic (exact) mass is 517 g/mol. The van der Waals surface area contributed by atoms with Crippen LogP contribution in [0.25, 0.3) is 6.08 Å². The number of hydrogen-bond donors (Lipinski definition) is 0. The molecule has 4 nitrogen and oxygen atoms in total. The second kappa shape index (κ2) is 8.13. The van der Waals surface area contributed by atoms with E-state index in [4.69, 9.17) is 32.8 Å². The van der Waals surface area contributed by atoms with Crippen LogP contribution in [0.5, 0.6) is 5.75 Å². The molecule has 0 spiro atoms. The predicted molar refractivity (Wildman–Crippen MR) is 110 cm³/mol. The molecule has 0 aliphatic carbocycles. The summed E-state index contributed by atoms with van der Waals surface area (Å²) in [5.41, 5.74) is 2.38. The highest BCUT2D eigenvalue weighted by atomic mass is 79.9. The lowest BCUT2D eigenvalue weighted by Crippen LogP contribution is -2.03. The fraction of sp³-hybridized carbons (Fsp3) is 0.111. The molecule has 0 bridgehead atoms. The normalized spacial score (nSPS) is 15.2. The Hall–Kier alpha value is -1.34. The predicted octanol–water partition coefficient (Wildman–Crippen LogP) is 6.41. The number of benzene rings is 2. The third-order valence-corrected chi connectivity index (χ3v) is 5.23. The molecule has 2 aromatic carbocycles. The van der Waals surface area contributed by atoms with E-state index >= 15 is 0 Å².